The number of benzene rings is 1. The van der Waals surface area contributed by atoms with Gasteiger partial charge < -0.3 is 10.1 Å². The molecule has 2 N–H and O–H groups in total. The molecule has 19 heavy (non-hydrogen) atoms. The number of hydrogen-bond donors (Lipinski definition) is 2. The molecule has 0 atom stereocenters. The van der Waals surface area contributed by atoms with Crippen molar-refractivity contribution in [3.8, 4) is 11.3 Å². The summed E-state index contributed by atoms with van der Waals surface area (Å²) in [7, 11) is 0. The zero-order chi connectivity index (χ0) is 13.8. The van der Waals surface area contributed by atoms with Gasteiger partial charge in [-0.15, -0.1) is 0 Å². The normalized spacial score (nSPS) is 11.2. The standard InChI is InChI=1S/C16H22N2O/c1-11(2)13-6-8-14(9-7-13)16-12(3)17-15(18-16)5-4-10-19/h6-9,11,19H,4-5,10H2,1-3H3,(H,17,18). The van der Waals surface area contributed by atoms with Crippen molar-refractivity contribution in [1.82, 2.24) is 9.97 Å². The summed E-state index contributed by atoms with van der Waals surface area (Å²) in [6.45, 7) is 6.64. The van der Waals surface area contributed by atoms with Crippen LogP contribution in [0.3, 0.4) is 0 Å². The molecule has 0 aliphatic heterocycles. The summed E-state index contributed by atoms with van der Waals surface area (Å²) in [6.07, 6.45) is 1.54. The highest BCUT2D eigenvalue weighted by Gasteiger charge is 2.09. The molecule has 1 aromatic heterocycles. The van der Waals surface area contributed by atoms with Gasteiger partial charge in [0.1, 0.15) is 5.82 Å². The van der Waals surface area contributed by atoms with Crippen molar-refractivity contribution in [3.63, 3.8) is 0 Å². The summed E-state index contributed by atoms with van der Waals surface area (Å²) in [6, 6.07) is 8.60. The molecule has 0 amide bonds. The van der Waals surface area contributed by atoms with Gasteiger partial charge in [0.2, 0.25) is 0 Å². The van der Waals surface area contributed by atoms with Crippen molar-refractivity contribution >= 4 is 0 Å². The molecule has 0 aliphatic rings. The first-order valence-electron chi connectivity index (χ1n) is 6.88. The van der Waals surface area contributed by atoms with Gasteiger partial charge in [-0.1, -0.05) is 38.1 Å². The van der Waals surface area contributed by atoms with Gasteiger partial charge in [-0.25, -0.2) is 4.98 Å². The average Bonchev–Trinajstić information content (AvgIpc) is 2.77. The van der Waals surface area contributed by atoms with E-state index in [4.69, 9.17) is 5.11 Å². The van der Waals surface area contributed by atoms with Crippen LogP contribution in [-0.4, -0.2) is 21.7 Å². The Balaban J connectivity index is 2.23. The lowest BCUT2D eigenvalue weighted by Crippen LogP contribution is -1.91. The lowest BCUT2D eigenvalue weighted by Gasteiger charge is -2.06. The maximum atomic E-state index is 8.86. The zero-order valence-electron chi connectivity index (χ0n) is 11.9. The number of nitrogens with one attached hydrogen (secondary N) is 1. The number of nitrogens with zero attached hydrogens (tertiary/aromatic N) is 1. The fourth-order valence-corrected chi connectivity index (χ4v) is 2.19. The summed E-state index contributed by atoms with van der Waals surface area (Å²) in [4.78, 5) is 7.92. The van der Waals surface area contributed by atoms with Crippen molar-refractivity contribution in [2.45, 2.75) is 39.5 Å². The van der Waals surface area contributed by atoms with E-state index in [-0.39, 0.29) is 6.61 Å². The number of hydrogen-bond acceptors (Lipinski definition) is 2. The van der Waals surface area contributed by atoms with Crippen LogP contribution in [0, 0.1) is 6.92 Å². The lowest BCUT2D eigenvalue weighted by molar-refractivity contribution is 0.287. The van der Waals surface area contributed by atoms with Crippen LogP contribution < -0.4 is 0 Å². The molecule has 0 saturated heterocycles. The van der Waals surface area contributed by atoms with Crippen molar-refractivity contribution in [2.24, 2.45) is 0 Å². The first kappa shape index (κ1) is 13.8. The Labute approximate surface area is 114 Å². The van der Waals surface area contributed by atoms with E-state index in [0.29, 0.717) is 5.92 Å². The topological polar surface area (TPSA) is 48.9 Å². The van der Waals surface area contributed by atoms with E-state index in [0.717, 1.165) is 35.6 Å². The molecule has 102 valence electrons. The molecule has 2 rings (SSSR count). The Morgan fingerprint density at radius 3 is 2.47 bits per heavy atom. The van der Waals surface area contributed by atoms with Crippen LogP contribution in [0.25, 0.3) is 11.3 Å². The van der Waals surface area contributed by atoms with Crippen LogP contribution in [0.2, 0.25) is 0 Å². The summed E-state index contributed by atoms with van der Waals surface area (Å²) < 4.78 is 0. The highest BCUT2D eigenvalue weighted by Crippen LogP contribution is 2.24. The smallest absolute Gasteiger partial charge is 0.107 e. The van der Waals surface area contributed by atoms with Gasteiger partial charge >= 0.3 is 0 Å². The van der Waals surface area contributed by atoms with Gasteiger partial charge in [0.25, 0.3) is 0 Å². The van der Waals surface area contributed by atoms with Crippen LogP contribution in [0.15, 0.2) is 24.3 Å². The predicted octanol–water partition coefficient (Wildman–Crippen LogP) is 3.43. The number of rotatable bonds is 5. The fraction of sp³-hybridized carbons (Fsp3) is 0.438. The number of imidazole rings is 1. The number of aliphatic hydroxyl groups excluding tert-OH is 1. The summed E-state index contributed by atoms with van der Waals surface area (Å²) in [5.41, 5.74) is 4.60. The summed E-state index contributed by atoms with van der Waals surface area (Å²) in [5.74, 6) is 1.50. The highest BCUT2D eigenvalue weighted by molar-refractivity contribution is 5.62. The molecule has 1 aromatic carbocycles. The number of aromatic amines is 1. The third-order valence-corrected chi connectivity index (χ3v) is 3.36. The predicted molar refractivity (Wildman–Crippen MR) is 78.3 cm³/mol. The molecule has 0 radical (unpaired) electrons. The third-order valence-electron chi connectivity index (χ3n) is 3.36. The molecular weight excluding hydrogens is 236 g/mol. The molecule has 2 aromatic rings. The largest absolute Gasteiger partial charge is 0.396 e. The van der Waals surface area contributed by atoms with Crippen LogP contribution in [0.4, 0.5) is 0 Å². The average molecular weight is 258 g/mol. The van der Waals surface area contributed by atoms with E-state index in [1.54, 1.807) is 0 Å². The fourth-order valence-electron chi connectivity index (χ4n) is 2.19. The molecule has 0 bridgehead atoms. The second kappa shape index (κ2) is 6.02. The Morgan fingerprint density at radius 1 is 1.21 bits per heavy atom. The van der Waals surface area contributed by atoms with Gasteiger partial charge in [-0.3, -0.25) is 0 Å². The number of aliphatic hydroxyl groups is 1. The highest BCUT2D eigenvalue weighted by atomic mass is 16.2. The maximum Gasteiger partial charge on any atom is 0.107 e. The summed E-state index contributed by atoms with van der Waals surface area (Å²) >= 11 is 0. The van der Waals surface area contributed by atoms with Crippen LogP contribution in [0.5, 0.6) is 0 Å². The third kappa shape index (κ3) is 3.24. The molecule has 0 saturated carbocycles. The van der Waals surface area contributed by atoms with E-state index >= 15 is 0 Å². The van der Waals surface area contributed by atoms with Gasteiger partial charge in [0.05, 0.1) is 5.69 Å². The van der Waals surface area contributed by atoms with Crippen molar-refractivity contribution in [1.29, 1.82) is 0 Å². The van der Waals surface area contributed by atoms with Gasteiger partial charge in [-0.05, 0) is 24.8 Å². The molecule has 0 unspecified atom stereocenters. The second-order valence-electron chi connectivity index (χ2n) is 5.26. The quantitative estimate of drug-likeness (QED) is 0.863. The van der Waals surface area contributed by atoms with Crippen molar-refractivity contribution < 1.29 is 5.11 Å². The lowest BCUT2D eigenvalue weighted by atomic mass is 10.0. The Hall–Kier alpha value is -1.61. The first-order valence-corrected chi connectivity index (χ1v) is 6.88. The van der Waals surface area contributed by atoms with Crippen LogP contribution in [0.1, 0.15) is 43.3 Å². The number of aromatic nitrogens is 2. The SMILES string of the molecule is Cc1[nH]c(CCCO)nc1-c1ccc(C(C)C)cc1. The van der Waals surface area contributed by atoms with Crippen LogP contribution >= 0.6 is 0 Å². The van der Waals surface area contributed by atoms with Crippen LogP contribution in [-0.2, 0) is 6.42 Å². The van der Waals surface area contributed by atoms with E-state index in [1.165, 1.54) is 5.56 Å². The molecule has 1 heterocycles. The second-order valence-corrected chi connectivity index (χ2v) is 5.26. The van der Waals surface area contributed by atoms with Gasteiger partial charge in [0, 0.05) is 24.3 Å². The monoisotopic (exact) mass is 258 g/mol. The van der Waals surface area contributed by atoms with E-state index in [2.05, 4.69) is 48.1 Å². The minimum atomic E-state index is 0.207. The Bertz CT molecular complexity index is 526. The van der Waals surface area contributed by atoms with E-state index < -0.39 is 0 Å². The number of aryl methyl sites for hydroxylation is 2. The first-order chi connectivity index (χ1) is 9.11. The summed E-state index contributed by atoms with van der Waals surface area (Å²) in [5, 5.41) is 8.86. The molecule has 3 heteroatoms. The molecule has 0 aliphatic carbocycles. The molecule has 3 nitrogen and oxygen atoms in total. The minimum Gasteiger partial charge on any atom is -0.396 e. The zero-order valence-corrected chi connectivity index (χ0v) is 11.9. The van der Waals surface area contributed by atoms with E-state index in [9.17, 15) is 0 Å². The molecule has 0 spiro atoms. The Morgan fingerprint density at radius 2 is 1.89 bits per heavy atom. The van der Waals surface area contributed by atoms with E-state index in [1.807, 2.05) is 6.92 Å². The number of H-pyrrole nitrogens is 1. The van der Waals surface area contributed by atoms with Crippen molar-refractivity contribution in [2.75, 3.05) is 6.61 Å². The van der Waals surface area contributed by atoms with Gasteiger partial charge in [-0.2, -0.15) is 0 Å². The van der Waals surface area contributed by atoms with Gasteiger partial charge in [0.15, 0.2) is 0 Å². The molecular formula is C16H22N2O. The molecule has 0 fully saturated rings. The van der Waals surface area contributed by atoms with Crippen molar-refractivity contribution in [3.05, 3.63) is 41.3 Å². The Kier molecular flexibility index (Phi) is 4.38. The minimum absolute atomic E-state index is 0.207. The maximum absolute atomic E-state index is 8.86.